The highest BCUT2D eigenvalue weighted by Crippen LogP contribution is 2.22. The Bertz CT molecular complexity index is 625. The lowest BCUT2D eigenvalue weighted by Crippen LogP contribution is -2.27. The Labute approximate surface area is 126 Å². The first-order valence-corrected chi connectivity index (χ1v) is 7.10. The highest BCUT2D eigenvalue weighted by atomic mass is 79.9. The summed E-state index contributed by atoms with van der Waals surface area (Å²) in [4.78, 5) is 12.3. The molecule has 1 unspecified atom stereocenters. The van der Waals surface area contributed by atoms with Crippen LogP contribution >= 0.6 is 15.9 Å². The average Bonchev–Trinajstić information content (AvgIpc) is 2.42. The molecule has 2 rings (SSSR count). The fourth-order valence-corrected chi connectivity index (χ4v) is 2.38. The summed E-state index contributed by atoms with van der Waals surface area (Å²) < 4.78 is 13.7. The highest BCUT2D eigenvalue weighted by molar-refractivity contribution is 9.10. The monoisotopic (exact) mass is 335 g/mol. The number of carbonyl (C=O) groups excluding carboxylic acids is 1. The molecule has 0 bridgehead atoms. The van der Waals surface area contributed by atoms with Gasteiger partial charge in [0.05, 0.1) is 11.6 Å². The van der Waals surface area contributed by atoms with E-state index in [-0.39, 0.29) is 17.8 Å². The van der Waals surface area contributed by atoms with E-state index in [9.17, 15) is 9.18 Å². The molecule has 1 amide bonds. The number of halogens is 2. The zero-order valence-electron chi connectivity index (χ0n) is 11.3. The molecule has 20 heavy (non-hydrogen) atoms. The van der Waals surface area contributed by atoms with Gasteiger partial charge in [-0.2, -0.15) is 0 Å². The van der Waals surface area contributed by atoms with Gasteiger partial charge in [0.1, 0.15) is 5.82 Å². The van der Waals surface area contributed by atoms with Crippen molar-refractivity contribution in [3.8, 4) is 0 Å². The number of rotatable bonds is 3. The smallest absolute Gasteiger partial charge is 0.252 e. The molecule has 2 aromatic carbocycles. The Kier molecular flexibility index (Phi) is 4.55. The molecule has 0 spiro atoms. The summed E-state index contributed by atoms with van der Waals surface area (Å²) in [5, 5.41) is 2.91. The zero-order valence-corrected chi connectivity index (χ0v) is 12.9. The number of carbonyl (C=O) groups is 1. The maximum atomic E-state index is 12.9. The third-order valence-corrected chi connectivity index (χ3v) is 4.21. The van der Waals surface area contributed by atoms with Crippen molar-refractivity contribution in [1.29, 1.82) is 0 Å². The van der Waals surface area contributed by atoms with Crippen LogP contribution in [0, 0.1) is 12.7 Å². The summed E-state index contributed by atoms with van der Waals surface area (Å²) >= 11 is 3.43. The Morgan fingerprint density at radius 2 is 1.85 bits per heavy atom. The van der Waals surface area contributed by atoms with Gasteiger partial charge in [0.2, 0.25) is 0 Å². The molecular formula is C16H15BrFNO. The maximum Gasteiger partial charge on any atom is 0.252 e. The van der Waals surface area contributed by atoms with E-state index in [2.05, 4.69) is 21.2 Å². The minimum absolute atomic E-state index is 0.155. The Morgan fingerprint density at radius 3 is 2.50 bits per heavy atom. The van der Waals surface area contributed by atoms with Crippen molar-refractivity contribution in [3.63, 3.8) is 0 Å². The largest absolute Gasteiger partial charge is 0.345 e. The van der Waals surface area contributed by atoms with E-state index < -0.39 is 0 Å². The van der Waals surface area contributed by atoms with Crippen LogP contribution in [0.5, 0.6) is 0 Å². The SMILES string of the molecule is Cc1cccc(C(=O)NC(C)c2ccc(F)cc2)c1Br. The molecule has 0 aromatic heterocycles. The molecule has 0 aliphatic rings. The molecule has 1 N–H and O–H groups in total. The second-order valence-corrected chi connectivity index (χ2v) is 5.48. The number of aryl methyl sites for hydroxylation is 1. The summed E-state index contributed by atoms with van der Waals surface area (Å²) in [6.45, 7) is 3.80. The Balaban J connectivity index is 2.15. The summed E-state index contributed by atoms with van der Waals surface area (Å²) in [7, 11) is 0. The second kappa shape index (κ2) is 6.18. The lowest BCUT2D eigenvalue weighted by Gasteiger charge is -2.15. The molecule has 4 heteroatoms. The number of hydrogen-bond donors (Lipinski definition) is 1. The molecule has 0 aliphatic carbocycles. The van der Waals surface area contributed by atoms with Gasteiger partial charge in [-0.3, -0.25) is 4.79 Å². The molecule has 0 saturated heterocycles. The van der Waals surface area contributed by atoms with Gasteiger partial charge in [0.15, 0.2) is 0 Å². The maximum absolute atomic E-state index is 12.9. The van der Waals surface area contributed by atoms with Crippen LogP contribution in [0.3, 0.4) is 0 Å². The fourth-order valence-electron chi connectivity index (χ4n) is 1.93. The van der Waals surface area contributed by atoms with E-state index in [1.54, 1.807) is 18.2 Å². The summed E-state index contributed by atoms with van der Waals surface area (Å²) in [5.74, 6) is -0.439. The van der Waals surface area contributed by atoms with Crippen LogP contribution in [0.4, 0.5) is 4.39 Å². The van der Waals surface area contributed by atoms with E-state index >= 15 is 0 Å². The minimum atomic E-state index is -0.284. The molecular weight excluding hydrogens is 321 g/mol. The van der Waals surface area contributed by atoms with E-state index in [1.807, 2.05) is 26.0 Å². The van der Waals surface area contributed by atoms with E-state index in [4.69, 9.17) is 0 Å². The molecule has 0 heterocycles. The Hall–Kier alpha value is -1.68. The number of benzene rings is 2. The van der Waals surface area contributed by atoms with Gasteiger partial charge in [-0.05, 0) is 59.1 Å². The molecule has 0 radical (unpaired) electrons. The summed E-state index contributed by atoms with van der Waals surface area (Å²) in [6.07, 6.45) is 0. The van der Waals surface area contributed by atoms with Gasteiger partial charge >= 0.3 is 0 Å². The normalized spacial score (nSPS) is 12.0. The van der Waals surface area contributed by atoms with Crippen molar-refractivity contribution in [2.24, 2.45) is 0 Å². The first kappa shape index (κ1) is 14.7. The van der Waals surface area contributed by atoms with Gasteiger partial charge in [-0.15, -0.1) is 0 Å². The standard InChI is InChI=1S/C16H15BrFNO/c1-10-4-3-5-14(15(10)17)16(20)19-11(2)12-6-8-13(18)9-7-12/h3-9,11H,1-2H3,(H,19,20). The van der Waals surface area contributed by atoms with E-state index in [0.717, 1.165) is 15.6 Å². The van der Waals surface area contributed by atoms with Gasteiger partial charge in [-0.25, -0.2) is 4.39 Å². The van der Waals surface area contributed by atoms with Crippen LogP contribution in [-0.2, 0) is 0 Å². The molecule has 2 nitrogen and oxygen atoms in total. The van der Waals surface area contributed by atoms with Crippen molar-refractivity contribution in [3.05, 3.63) is 69.4 Å². The predicted octanol–water partition coefficient (Wildman–Crippen LogP) is 4.39. The second-order valence-electron chi connectivity index (χ2n) is 4.68. The van der Waals surface area contributed by atoms with E-state index in [1.165, 1.54) is 12.1 Å². The van der Waals surface area contributed by atoms with Crippen LogP contribution in [0.2, 0.25) is 0 Å². The summed E-state index contributed by atoms with van der Waals surface area (Å²) in [5.41, 5.74) is 2.47. The molecule has 2 aromatic rings. The number of nitrogens with one attached hydrogen (secondary N) is 1. The highest BCUT2D eigenvalue weighted by Gasteiger charge is 2.14. The predicted molar refractivity (Wildman–Crippen MR) is 81.2 cm³/mol. The third kappa shape index (κ3) is 3.25. The Morgan fingerprint density at radius 1 is 1.20 bits per heavy atom. The van der Waals surface area contributed by atoms with Crippen molar-refractivity contribution in [2.75, 3.05) is 0 Å². The van der Waals surface area contributed by atoms with Crippen LogP contribution in [0.1, 0.15) is 34.5 Å². The van der Waals surface area contributed by atoms with Crippen molar-refractivity contribution in [2.45, 2.75) is 19.9 Å². The van der Waals surface area contributed by atoms with Gasteiger partial charge in [0.25, 0.3) is 5.91 Å². The van der Waals surface area contributed by atoms with Crippen LogP contribution in [0.25, 0.3) is 0 Å². The number of amides is 1. The van der Waals surface area contributed by atoms with Gasteiger partial charge in [-0.1, -0.05) is 24.3 Å². The summed E-state index contributed by atoms with van der Waals surface area (Å²) in [6, 6.07) is 11.5. The van der Waals surface area contributed by atoms with Crippen molar-refractivity contribution in [1.82, 2.24) is 5.32 Å². The first-order chi connectivity index (χ1) is 9.49. The fraction of sp³-hybridized carbons (Fsp3) is 0.188. The topological polar surface area (TPSA) is 29.1 Å². The molecule has 104 valence electrons. The third-order valence-electron chi connectivity index (χ3n) is 3.15. The van der Waals surface area contributed by atoms with Crippen molar-refractivity contribution < 1.29 is 9.18 Å². The number of hydrogen-bond acceptors (Lipinski definition) is 1. The van der Waals surface area contributed by atoms with Crippen LogP contribution in [-0.4, -0.2) is 5.91 Å². The lowest BCUT2D eigenvalue weighted by atomic mass is 10.1. The zero-order chi connectivity index (χ0) is 14.7. The minimum Gasteiger partial charge on any atom is -0.345 e. The molecule has 0 aliphatic heterocycles. The average molecular weight is 336 g/mol. The van der Waals surface area contributed by atoms with Gasteiger partial charge < -0.3 is 5.32 Å². The first-order valence-electron chi connectivity index (χ1n) is 6.30. The molecule has 0 fully saturated rings. The van der Waals surface area contributed by atoms with Crippen molar-refractivity contribution >= 4 is 21.8 Å². The quantitative estimate of drug-likeness (QED) is 0.885. The van der Waals surface area contributed by atoms with Crippen LogP contribution < -0.4 is 5.32 Å². The molecule has 0 saturated carbocycles. The lowest BCUT2D eigenvalue weighted by molar-refractivity contribution is 0.0939. The van der Waals surface area contributed by atoms with E-state index in [0.29, 0.717) is 5.56 Å². The van der Waals surface area contributed by atoms with Gasteiger partial charge in [0, 0.05) is 4.47 Å². The van der Waals surface area contributed by atoms with Crippen LogP contribution in [0.15, 0.2) is 46.9 Å². The molecule has 1 atom stereocenters.